The van der Waals surface area contributed by atoms with E-state index in [2.05, 4.69) is 53.5 Å². The summed E-state index contributed by atoms with van der Waals surface area (Å²) in [6.07, 6.45) is 5.36. The molecule has 0 atom stereocenters. The molecule has 0 aromatic rings. The molecule has 0 saturated heterocycles. The maximum Gasteiger partial charge on any atom is 0.0103 e. The number of nitrogens with zero attached hydrogens (tertiary/aromatic N) is 1. The summed E-state index contributed by atoms with van der Waals surface area (Å²) < 4.78 is 0. The first-order chi connectivity index (χ1) is 7.70. The third-order valence-electron chi connectivity index (χ3n) is 5.36. The fourth-order valence-corrected chi connectivity index (χ4v) is 3.60. The second-order valence-corrected chi connectivity index (χ2v) is 7.60. The van der Waals surface area contributed by atoms with Gasteiger partial charge in [-0.1, -0.05) is 48.0 Å². The van der Waals surface area contributed by atoms with Crippen molar-refractivity contribution >= 4 is 0 Å². The van der Waals surface area contributed by atoms with Crippen molar-refractivity contribution in [3.63, 3.8) is 0 Å². The quantitative estimate of drug-likeness (QED) is 0.694. The lowest BCUT2D eigenvalue weighted by Gasteiger charge is -2.53. The van der Waals surface area contributed by atoms with E-state index in [1.165, 1.54) is 32.2 Å². The van der Waals surface area contributed by atoms with Crippen LogP contribution >= 0.6 is 0 Å². The first-order valence-electron chi connectivity index (χ1n) is 7.41. The third-order valence-corrected chi connectivity index (χ3v) is 5.36. The summed E-state index contributed by atoms with van der Waals surface area (Å²) in [5, 5.41) is 0. The lowest BCUT2D eigenvalue weighted by Crippen LogP contribution is -2.49. The lowest BCUT2D eigenvalue weighted by atomic mass is 9.56. The Morgan fingerprint density at radius 1 is 1.06 bits per heavy atom. The van der Waals surface area contributed by atoms with Crippen LogP contribution in [0.2, 0.25) is 0 Å². The minimum atomic E-state index is 0.479. The number of hydrogen-bond acceptors (Lipinski definition) is 1. The molecule has 102 valence electrons. The Kier molecular flexibility index (Phi) is 4.68. The minimum Gasteiger partial charge on any atom is -0.303 e. The van der Waals surface area contributed by atoms with Crippen molar-refractivity contribution in [3.8, 4) is 0 Å². The molecular weight excluding hydrogens is 206 g/mol. The van der Waals surface area contributed by atoms with Crippen molar-refractivity contribution in [2.45, 2.75) is 73.3 Å². The molecule has 0 spiro atoms. The highest BCUT2D eigenvalue weighted by Gasteiger charge is 2.45. The van der Waals surface area contributed by atoms with E-state index in [1.807, 2.05) is 0 Å². The molecule has 17 heavy (non-hydrogen) atoms. The zero-order valence-corrected chi connectivity index (χ0v) is 13.1. The molecule has 0 aliphatic heterocycles. The molecule has 0 heterocycles. The second kappa shape index (κ2) is 5.30. The zero-order valence-electron chi connectivity index (χ0n) is 13.1. The molecule has 1 fully saturated rings. The first kappa shape index (κ1) is 15.0. The maximum absolute atomic E-state index is 2.61. The van der Waals surface area contributed by atoms with Crippen LogP contribution in [-0.4, -0.2) is 24.5 Å². The van der Waals surface area contributed by atoms with Crippen LogP contribution in [0.3, 0.4) is 0 Å². The molecule has 0 aromatic carbocycles. The highest BCUT2D eigenvalue weighted by molar-refractivity contribution is 4.97. The highest BCUT2D eigenvalue weighted by Crippen LogP contribution is 2.51. The molecule has 0 bridgehead atoms. The van der Waals surface area contributed by atoms with Crippen LogP contribution in [-0.2, 0) is 0 Å². The lowest BCUT2D eigenvalue weighted by molar-refractivity contribution is -0.0243. The van der Waals surface area contributed by atoms with Crippen molar-refractivity contribution in [1.82, 2.24) is 4.90 Å². The Balaban J connectivity index is 2.70. The van der Waals surface area contributed by atoms with E-state index < -0.39 is 0 Å². The van der Waals surface area contributed by atoms with Crippen molar-refractivity contribution < 1.29 is 0 Å². The van der Waals surface area contributed by atoms with Crippen molar-refractivity contribution in [2.24, 2.45) is 16.7 Å². The van der Waals surface area contributed by atoms with Crippen molar-refractivity contribution in [1.29, 1.82) is 0 Å². The van der Waals surface area contributed by atoms with Gasteiger partial charge in [0.05, 0.1) is 0 Å². The van der Waals surface area contributed by atoms with Gasteiger partial charge >= 0.3 is 0 Å². The topological polar surface area (TPSA) is 3.24 Å². The maximum atomic E-state index is 2.61. The van der Waals surface area contributed by atoms with E-state index in [1.54, 1.807) is 0 Å². The Morgan fingerprint density at radius 2 is 1.53 bits per heavy atom. The van der Waals surface area contributed by atoms with Crippen LogP contribution in [0.15, 0.2) is 0 Å². The van der Waals surface area contributed by atoms with E-state index in [9.17, 15) is 0 Å². The van der Waals surface area contributed by atoms with Gasteiger partial charge in [-0.15, -0.1) is 0 Å². The number of hydrogen-bond donors (Lipinski definition) is 0. The Morgan fingerprint density at radius 3 is 1.94 bits per heavy atom. The van der Waals surface area contributed by atoms with Crippen molar-refractivity contribution in [2.75, 3.05) is 13.6 Å². The molecule has 1 rings (SSSR count). The van der Waals surface area contributed by atoms with Crippen LogP contribution in [0.5, 0.6) is 0 Å². The van der Waals surface area contributed by atoms with Crippen LogP contribution in [0.25, 0.3) is 0 Å². The van der Waals surface area contributed by atoms with Gasteiger partial charge in [0.2, 0.25) is 0 Å². The molecule has 0 N–H and O–H groups in total. The standard InChI is InChI=1S/C16H33N/c1-8-9-10-17(7)14-11-15(3,4)13(2)16(5,6)12-14/h13-14H,8-12H2,1-7H3. The van der Waals surface area contributed by atoms with E-state index in [-0.39, 0.29) is 0 Å². The summed E-state index contributed by atoms with van der Waals surface area (Å²) in [7, 11) is 2.32. The average molecular weight is 239 g/mol. The fourth-order valence-electron chi connectivity index (χ4n) is 3.60. The smallest absolute Gasteiger partial charge is 0.0103 e. The van der Waals surface area contributed by atoms with E-state index in [0.717, 1.165) is 12.0 Å². The molecule has 0 amide bonds. The van der Waals surface area contributed by atoms with E-state index in [0.29, 0.717) is 10.8 Å². The summed E-state index contributed by atoms with van der Waals surface area (Å²) in [6.45, 7) is 15.8. The minimum absolute atomic E-state index is 0.479. The molecule has 0 aromatic heterocycles. The van der Waals surface area contributed by atoms with Gasteiger partial charge in [0, 0.05) is 6.04 Å². The molecule has 1 aliphatic rings. The summed E-state index contributed by atoms with van der Waals surface area (Å²) in [6, 6.07) is 0.780. The SMILES string of the molecule is CCCCN(C)C1CC(C)(C)C(C)C(C)(C)C1. The van der Waals surface area contributed by atoms with E-state index in [4.69, 9.17) is 0 Å². The average Bonchev–Trinajstić information content (AvgIpc) is 2.21. The number of rotatable bonds is 4. The largest absolute Gasteiger partial charge is 0.303 e. The normalized spacial score (nSPS) is 31.8. The van der Waals surface area contributed by atoms with Gasteiger partial charge in [0.1, 0.15) is 0 Å². The van der Waals surface area contributed by atoms with Crippen molar-refractivity contribution in [3.05, 3.63) is 0 Å². The van der Waals surface area contributed by atoms with Gasteiger partial charge in [-0.2, -0.15) is 0 Å². The Bertz CT molecular complexity index is 224. The zero-order chi connectivity index (χ0) is 13.3. The summed E-state index contributed by atoms with van der Waals surface area (Å²) >= 11 is 0. The van der Waals surface area contributed by atoms with Crippen LogP contribution < -0.4 is 0 Å². The van der Waals surface area contributed by atoms with Gasteiger partial charge in [0.15, 0.2) is 0 Å². The summed E-state index contributed by atoms with van der Waals surface area (Å²) in [5.41, 5.74) is 0.958. The molecule has 0 radical (unpaired) electrons. The highest BCUT2D eigenvalue weighted by atomic mass is 15.1. The van der Waals surface area contributed by atoms with Crippen LogP contribution in [0, 0.1) is 16.7 Å². The van der Waals surface area contributed by atoms with Gasteiger partial charge in [-0.05, 0) is 49.6 Å². The third kappa shape index (κ3) is 3.47. The predicted molar refractivity (Wildman–Crippen MR) is 77.3 cm³/mol. The monoisotopic (exact) mass is 239 g/mol. The van der Waals surface area contributed by atoms with Gasteiger partial charge in [-0.25, -0.2) is 0 Å². The Hall–Kier alpha value is -0.0400. The first-order valence-corrected chi connectivity index (χ1v) is 7.41. The molecule has 1 nitrogen and oxygen atoms in total. The number of unbranched alkanes of at least 4 members (excludes halogenated alkanes) is 1. The fraction of sp³-hybridized carbons (Fsp3) is 1.00. The Labute approximate surface area is 109 Å². The molecule has 1 saturated carbocycles. The molecule has 1 aliphatic carbocycles. The molecule has 1 heteroatoms. The predicted octanol–water partition coefficient (Wildman–Crippen LogP) is 4.57. The second-order valence-electron chi connectivity index (χ2n) is 7.60. The van der Waals surface area contributed by atoms with E-state index >= 15 is 0 Å². The van der Waals surface area contributed by atoms with Gasteiger partial charge in [0.25, 0.3) is 0 Å². The van der Waals surface area contributed by atoms with Crippen LogP contribution in [0.1, 0.15) is 67.2 Å². The van der Waals surface area contributed by atoms with Gasteiger partial charge in [-0.3, -0.25) is 0 Å². The molecule has 0 unspecified atom stereocenters. The summed E-state index contributed by atoms with van der Waals surface area (Å²) in [4.78, 5) is 2.61. The van der Waals surface area contributed by atoms with Crippen LogP contribution in [0.4, 0.5) is 0 Å². The van der Waals surface area contributed by atoms with Gasteiger partial charge < -0.3 is 4.90 Å². The summed E-state index contributed by atoms with van der Waals surface area (Å²) in [5.74, 6) is 0.811. The molecular formula is C16H33N.